The molecular weight excluding hydrogens is 220 g/mol. The lowest BCUT2D eigenvalue weighted by atomic mass is 10.1. The number of nitrogens with one attached hydrogen (secondary N) is 1. The van der Waals surface area contributed by atoms with E-state index in [0.717, 1.165) is 25.9 Å². The summed E-state index contributed by atoms with van der Waals surface area (Å²) in [6, 6.07) is 0.304. The second kappa shape index (κ2) is 7.27. The molecule has 1 heterocycles. The number of carboxylic acids is 1. The fourth-order valence-electron chi connectivity index (χ4n) is 2.01. The Hall–Kier alpha value is -1.10. The predicted octanol–water partition coefficient (Wildman–Crippen LogP) is 0.842. The second-order valence-electron chi connectivity index (χ2n) is 4.75. The summed E-state index contributed by atoms with van der Waals surface area (Å²) in [5.74, 6) is -0.731. The van der Waals surface area contributed by atoms with E-state index in [1.165, 1.54) is 0 Å². The van der Waals surface area contributed by atoms with Gasteiger partial charge in [-0.15, -0.1) is 0 Å². The molecule has 0 aromatic rings. The van der Waals surface area contributed by atoms with E-state index in [1.807, 2.05) is 0 Å². The number of aliphatic carboxylic acids is 1. The van der Waals surface area contributed by atoms with Crippen molar-refractivity contribution in [2.45, 2.75) is 44.6 Å². The molecule has 0 aliphatic carbocycles. The van der Waals surface area contributed by atoms with Crippen LogP contribution in [-0.2, 0) is 9.59 Å². The van der Waals surface area contributed by atoms with Crippen LogP contribution in [0.4, 0.5) is 0 Å². The Labute approximate surface area is 102 Å². The van der Waals surface area contributed by atoms with Crippen LogP contribution < -0.4 is 5.32 Å². The zero-order valence-electron chi connectivity index (χ0n) is 10.4. The van der Waals surface area contributed by atoms with E-state index in [-0.39, 0.29) is 12.3 Å². The Balaban J connectivity index is 2.06. The lowest BCUT2D eigenvalue weighted by Crippen LogP contribution is -2.43. The van der Waals surface area contributed by atoms with E-state index in [0.29, 0.717) is 25.3 Å². The van der Waals surface area contributed by atoms with Crippen molar-refractivity contribution >= 4 is 11.9 Å². The number of carboxylic acid groups (broad SMARTS) is 1. The fourth-order valence-corrected chi connectivity index (χ4v) is 2.01. The van der Waals surface area contributed by atoms with Gasteiger partial charge in [0.1, 0.15) is 0 Å². The van der Waals surface area contributed by atoms with Crippen molar-refractivity contribution in [3.63, 3.8) is 0 Å². The first kappa shape index (κ1) is 14.0. The number of carbonyl (C=O) groups excluding carboxylic acids is 1. The molecular formula is C12H22N2O3. The third-order valence-electron chi connectivity index (χ3n) is 3.13. The summed E-state index contributed by atoms with van der Waals surface area (Å²) in [4.78, 5) is 24.1. The summed E-state index contributed by atoms with van der Waals surface area (Å²) < 4.78 is 0. The number of amides is 1. The highest BCUT2D eigenvalue weighted by atomic mass is 16.4. The van der Waals surface area contributed by atoms with Crippen LogP contribution >= 0.6 is 0 Å². The Morgan fingerprint density at radius 1 is 1.24 bits per heavy atom. The molecule has 0 atom stereocenters. The zero-order valence-corrected chi connectivity index (χ0v) is 10.4. The van der Waals surface area contributed by atoms with Gasteiger partial charge in [0.05, 0.1) is 0 Å². The van der Waals surface area contributed by atoms with Crippen LogP contribution in [0.25, 0.3) is 0 Å². The number of hydrogen-bond donors (Lipinski definition) is 2. The van der Waals surface area contributed by atoms with Gasteiger partial charge < -0.3 is 15.3 Å². The topological polar surface area (TPSA) is 69.6 Å². The predicted molar refractivity (Wildman–Crippen MR) is 64.8 cm³/mol. The molecule has 1 aliphatic rings. The molecule has 0 spiro atoms. The lowest BCUT2D eigenvalue weighted by Gasteiger charge is -2.29. The van der Waals surface area contributed by atoms with E-state index in [1.54, 1.807) is 0 Å². The quantitative estimate of drug-likeness (QED) is 0.677. The number of nitrogens with zero attached hydrogens (tertiary/aromatic N) is 1. The Bertz CT molecular complexity index is 260. The van der Waals surface area contributed by atoms with E-state index in [4.69, 9.17) is 5.11 Å². The van der Waals surface area contributed by atoms with E-state index >= 15 is 0 Å². The monoisotopic (exact) mass is 242 g/mol. The van der Waals surface area contributed by atoms with E-state index < -0.39 is 5.97 Å². The number of piperidine rings is 1. The van der Waals surface area contributed by atoms with Crippen LogP contribution in [-0.4, -0.2) is 48.1 Å². The molecule has 0 aromatic heterocycles. The SMILES string of the molecule is CN1CCC(NC(=O)CCCCC(=O)O)CC1. The standard InChI is InChI=1S/C12H22N2O3/c1-14-8-6-10(7-9-14)13-11(15)4-2-3-5-12(16)17/h10H,2-9H2,1H3,(H,13,15)(H,16,17). The van der Waals surface area contributed by atoms with Gasteiger partial charge in [-0.05, 0) is 45.8 Å². The van der Waals surface area contributed by atoms with E-state index in [2.05, 4.69) is 17.3 Å². The van der Waals surface area contributed by atoms with Crippen molar-refractivity contribution in [2.75, 3.05) is 20.1 Å². The highest BCUT2D eigenvalue weighted by molar-refractivity contribution is 5.76. The van der Waals surface area contributed by atoms with Gasteiger partial charge in [0.15, 0.2) is 0 Å². The number of rotatable bonds is 6. The Kier molecular flexibility index (Phi) is 5.97. The summed E-state index contributed by atoms with van der Waals surface area (Å²) in [6.45, 7) is 2.06. The van der Waals surface area contributed by atoms with Crippen LogP contribution in [0, 0.1) is 0 Å². The van der Waals surface area contributed by atoms with Gasteiger partial charge in [0.25, 0.3) is 0 Å². The maximum absolute atomic E-state index is 11.6. The summed E-state index contributed by atoms with van der Waals surface area (Å²) >= 11 is 0. The van der Waals surface area contributed by atoms with Crippen molar-refractivity contribution in [3.05, 3.63) is 0 Å². The van der Waals surface area contributed by atoms with Crippen LogP contribution in [0.5, 0.6) is 0 Å². The van der Waals surface area contributed by atoms with Gasteiger partial charge >= 0.3 is 5.97 Å². The number of likely N-dealkylation sites (tertiary alicyclic amines) is 1. The molecule has 0 aromatic carbocycles. The number of carbonyl (C=O) groups is 2. The maximum Gasteiger partial charge on any atom is 0.303 e. The normalized spacial score (nSPS) is 17.9. The Morgan fingerprint density at radius 2 is 1.82 bits per heavy atom. The third kappa shape index (κ3) is 6.26. The Morgan fingerprint density at radius 3 is 2.41 bits per heavy atom. The minimum absolute atomic E-state index is 0.0601. The molecule has 1 amide bonds. The highest BCUT2D eigenvalue weighted by Gasteiger charge is 2.17. The van der Waals surface area contributed by atoms with Crippen LogP contribution in [0.15, 0.2) is 0 Å². The van der Waals surface area contributed by atoms with Crippen molar-refractivity contribution < 1.29 is 14.7 Å². The third-order valence-corrected chi connectivity index (χ3v) is 3.13. The molecule has 0 radical (unpaired) electrons. The van der Waals surface area contributed by atoms with Gasteiger partial charge in [0, 0.05) is 18.9 Å². The number of unbranched alkanes of at least 4 members (excludes halogenated alkanes) is 1. The highest BCUT2D eigenvalue weighted by Crippen LogP contribution is 2.09. The molecule has 1 saturated heterocycles. The van der Waals surface area contributed by atoms with Crippen molar-refractivity contribution in [2.24, 2.45) is 0 Å². The summed E-state index contributed by atoms with van der Waals surface area (Å²) in [6.07, 6.45) is 3.86. The van der Waals surface area contributed by atoms with Gasteiger partial charge in [-0.1, -0.05) is 0 Å². The summed E-state index contributed by atoms with van der Waals surface area (Å²) in [5.41, 5.74) is 0. The lowest BCUT2D eigenvalue weighted by molar-refractivity contribution is -0.137. The number of hydrogen-bond acceptors (Lipinski definition) is 3. The molecule has 5 nitrogen and oxygen atoms in total. The van der Waals surface area contributed by atoms with Crippen molar-refractivity contribution in [3.8, 4) is 0 Å². The van der Waals surface area contributed by atoms with Crippen LogP contribution in [0.1, 0.15) is 38.5 Å². The fraction of sp³-hybridized carbons (Fsp3) is 0.833. The molecule has 1 rings (SSSR count). The first-order valence-electron chi connectivity index (χ1n) is 6.27. The first-order chi connectivity index (χ1) is 8.08. The molecule has 0 saturated carbocycles. The molecule has 98 valence electrons. The minimum Gasteiger partial charge on any atom is -0.481 e. The summed E-state index contributed by atoms with van der Waals surface area (Å²) in [7, 11) is 2.09. The first-order valence-corrected chi connectivity index (χ1v) is 6.27. The molecule has 0 unspecified atom stereocenters. The average molecular weight is 242 g/mol. The van der Waals surface area contributed by atoms with Crippen LogP contribution in [0.2, 0.25) is 0 Å². The smallest absolute Gasteiger partial charge is 0.303 e. The van der Waals surface area contributed by atoms with Crippen molar-refractivity contribution in [1.29, 1.82) is 0 Å². The molecule has 0 bridgehead atoms. The maximum atomic E-state index is 11.6. The molecule has 17 heavy (non-hydrogen) atoms. The average Bonchev–Trinajstić information content (AvgIpc) is 2.27. The molecule has 1 aliphatic heterocycles. The van der Waals surface area contributed by atoms with Gasteiger partial charge in [-0.2, -0.15) is 0 Å². The molecule has 1 fully saturated rings. The van der Waals surface area contributed by atoms with Gasteiger partial charge in [0.2, 0.25) is 5.91 Å². The van der Waals surface area contributed by atoms with Gasteiger partial charge in [-0.25, -0.2) is 0 Å². The van der Waals surface area contributed by atoms with E-state index in [9.17, 15) is 9.59 Å². The van der Waals surface area contributed by atoms with Gasteiger partial charge in [-0.3, -0.25) is 9.59 Å². The zero-order chi connectivity index (χ0) is 12.7. The second-order valence-corrected chi connectivity index (χ2v) is 4.75. The van der Waals surface area contributed by atoms with Crippen LogP contribution in [0.3, 0.4) is 0 Å². The molecule has 2 N–H and O–H groups in total. The molecule has 5 heteroatoms. The summed E-state index contributed by atoms with van der Waals surface area (Å²) in [5, 5.41) is 11.5. The van der Waals surface area contributed by atoms with Crippen molar-refractivity contribution in [1.82, 2.24) is 10.2 Å². The largest absolute Gasteiger partial charge is 0.481 e. The minimum atomic E-state index is -0.791.